The largest absolute Gasteiger partial charge is 0.496 e. The predicted octanol–water partition coefficient (Wildman–Crippen LogP) is 7.91. The van der Waals surface area contributed by atoms with Crippen LogP contribution >= 0.6 is 0 Å². The highest BCUT2D eigenvalue weighted by molar-refractivity contribution is 5.94. The summed E-state index contributed by atoms with van der Waals surface area (Å²) < 4.78 is 25.2. The third-order valence-electron chi connectivity index (χ3n) is 7.37. The molecule has 2 N–H and O–H groups in total. The molecule has 0 aliphatic carbocycles. The van der Waals surface area contributed by atoms with Gasteiger partial charge < -0.3 is 14.8 Å². The molecular weight excluding hydrogens is 555 g/mol. The Bertz CT molecular complexity index is 1520. The maximum absolute atomic E-state index is 13.4. The van der Waals surface area contributed by atoms with Crippen molar-refractivity contribution < 1.29 is 18.7 Å². The number of nitrogens with zero attached hydrogens (tertiary/aromatic N) is 2. The lowest BCUT2D eigenvalue weighted by Gasteiger charge is -2.25. The normalized spacial score (nSPS) is 11.4. The van der Waals surface area contributed by atoms with Crippen molar-refractivity contribution in [3.8, 4) is 22.6 Å². The summed E-state index contributed by atoms with van der Waals surface area (Å²) in [6.45, 7) is 7.52. The van der Waals surface area contributed by atoms with E-state index in [0.717, 1.165) is 53.7 Å². The number of pyridine rings is 1. The minimum atomic E-state index is -0.268. The molecule has 1 heterocycles. The SMILES string of the molecule is CCc1cc(-c2ccc(F)cc2)c(OC)cc1OCCCCC(C)(C)CNC(=O)c1ccc(N/N=C/c2ccccc2)nc1. The highest BCUT2D eigenvalue weighted by Gasteiger charge is 2.19. The summed E-state index contributed by atoms with van der Waals surface area (Å²) in [5, 5.41) is 7.23. The molecule has 0 aliphatic heterocycles. The number of aryl methyl sites for hydroxylation is 1. The number of methoxy groups -OCH3 is 1. The lowest BCUT2D eigenvalue weighted by Crippen LogP contribution is -2.34. The van der Waals surface area contributed by atoms with Crippen LogP contribution in [0.4, 0.5) is 10.2 Å². The summed E-state index contributed by atoms with van der Waals surface area (Å²) >= 11 is 0. The van der Waals surface area contributed by atoms with Crippen LogP contribution in [0, 0.1) is 11.2 Å². The fourth-order valence-corrected chi connectivity index (χ4v) is 4.74. The molecule has 0 saturated carbocycles. The molecule has 0 atom stereocenters. The number of carbonyl (C=O) groups excluding carboxylic acids is 1. The molecule has 1 aromatic heterocycles. The number of unbranched alkanes of at least 4 members (excludes halogenated alkanes) is 1. The first-order valence-electron chi connectivity index (χ1n) is 15.0. The Kier molecular flexibility index (Phi) is 11.5. The van der Waals surface area contributed by atoms with Gasteiger partial charge in [0.15, 0.2) is 0 Å². The first-order valence-corrected chi connectivity index (χ1v) is 15.0. The van der Waals surface area contributed by atoms with Gasteiger partial charge in [0.25, 0.3) is 5.91 Å². The van der Waals surface area contributed by atoms with Crippen LogP contribution in [0.1, 0.15) is 61.5 Å². The second-order valence-corrected chi connectivity index (χ2v) is 11.4. The minimum Gasteiger partial charge on any atom is -0.496 e. The summed E-state index contributed by atoms with van der Waals surface area (Å²) in [5.41, 5.74) is 7.17. The Labute approximate surface area is 259 Å². The number of anilines is 1. The van der Waals surface area contributed by atoms with E-state index in [9.17, 15) is 9.18 Å². The summed E-state index contributed by atoms with van der Waals surface area (Å²) in [5.74, 6) is 1.64. The van der Waals surface area contributed by atoms with Crippen LogP contribution in [0.2, 0.25) is 0 Å². The number of halogens is 1. The maximum Gasteiger partial charge on any atom is 0.252 e. The van der Waals surface area contributed by atoms with Gasteiger partial charge in [0.2, 0.25) is 0 Å². The molecule has 0 fully saturated rings. The lowest BCUT2D eigenvalue weighted by atomic mass is 9.87. The van der Waals surface area contributed by atoms with Gasteiger partial charge in [0.1, 0.15) is 23.1 Å². The number of hydrogen-bond donors (Lipinski definition) is 2. The number of carbonyl (C=O) groups is 1. The van der Waals surface area contributed by atoms with Crippen molar-refractivity contribution >= 4 is 17.9 Å². The third kappa shape index (κ3) is 9.39. The molecule has 44 heavy (non-hydrogen) atoms. The zero-order valence-corrected chi connectivity index (χ0v) is 25.9. The quantitative estimate of drug-likeness (QED) is 0.0828. The molecule has 0 radical (unpaired) electrons. The van der Waals surface area contributed by atoms with Crippen molar-refractivity contribution in [2.45, 2.75) is 46.5 Å². The minimum absolute atomic E-state index is 0.0780. The smallest absolute Gasteiger partial charge is 0.252 e. The lowest BCUT2D eigenvalue weighted by molar-refractivity contribution is 0.0933. The Morgan fingerprint density at radius 2 is 1.77 bits per heavy atom. The third-order valence-corrected chi connectivity index (χ3v) is 7.37. The van der Waals surface area contributed by atoms with E-state index in [4.69, 9.17) is 9.47 Å². The summed E-state index contributed by atoms with van der Waals surface area (Å²) in [6.07, 6.45) is 6.84. The molecule has 0 unspecified atom stereocenters. The number of ether oxygens (including phenoxy) is 2. The number of hydrazone groups is 1. The van der Waals surface area contributed by atoms with Gasteiger partial charge in [-0.15, -0.1) is 0 Å². The van der Waals surface area contributed by atoms with Crippen LogP contribution in [0.5, 0.6) is 11.5 Å². The molecule has 4 rings (SSSR count). The van der Waals surface area contributed by atoms with Gasteiger partial charge in [-0.3, -0.25) is 10.2 Å². The van der Waals surface area contributed by atoms with Crippen LogP contribution in [-0.2, 0) is 6.42 Å². The number of hydrogen-bond acceptors (Lipinski definition) is 6. The zero-order valence-electron chi connectivity index (χ0n) is 25.9. The topological polar surface area (TPSA) is 84.8 Å². The van der Waals surface area contributed by atoms with E-state index in [0.29, 0.717) is 30.3 Å². The number of benzene rings is 3. The van der Waals surface area contributed by atoms with Crippen molar-refractivity contribution in [3.63, 3.8) is 0 Å². The van der Waals surface area contributed by atoms with Crippen molar-refractivity contribution in [2.24, 2.45) is 10.5 Å². The van der Waals surface area contributed by atoms with Gasteiger partial charge in [0, 0.05) is 24.4 Å². The van der Waals surface area contributed by atoms with Crippen molar-refractivity contribution in [3.05, 3.63) is 108 Å². The number of aromatic nitrogens is 1. The van der Waals surface area contributed by atoms with E-state index < -0.39 is 0 Å². The van der Waals surface area contributed by atoms with Gasteiger partial charge in [-0.1, -0.05) is 63.2 Å². The van der Waals surface area contributed by atoms with Crippen LogP contribution in [0.15, 0.2) is 90.2 Å². The summed E-state index contributed by atoms with van der Waals surface area (Å²) in [7, 11) is 1.63. The number of nitrogens with one attached hydrogen (secondary N) is 2. The number of amides is 1. The highest BCUT2D eigenvalue weighted by Crippen LogP contribution is 2.36. The fourth-order valence-electron chi connectivity index (χ4n) is 4.74. The van der Waals surface area contributed by atoms with Gasteiger partial charge in [-0.05, 0) is 78.1 Å². The number of rotatable bonds is 15. The van der Waals surface area contributed by atoms with E-state index >= 15 is 0 Å². The van der Waals surface area contributed by atoms with Crippen molar-refractivity contribution in [1.82, 2.24) is 10.3 Å². The van der Waals surface area contributed by atoms with E-state index in [1.807, 2.05) is 36.4 Å². The average Bonchev–Trinajstić information content (AvgIpc) is 3.04. The van der Waals surface area contributed by atoms with Crippen LogP contribution in [-0.4, -0.2) is 37.4 Å². The Morgan fingerprint density at radius 1 is 1.00 bits per heavy atom. The maximum atomic E-state index is 13.4. The molecule has 230 valence electrons. The second kappa shape index (κ2) is 15.7. The summed E-state index contributed by atoms with van der Waals surface area (Å²) in [4.78, 5) is 17.0. The van der Waals surface area contributed by atoms with E-state index in [-0.39, 0.29) is 17.1 Å². The first kappa shape index (κ1) is 32.2. The Hall–Kier alpha value is -4.72. The fraction of sp³-hybridized carbons (Fsp3) is 0.306. The molecule has 0 aliphatic rings. The van der Waals surface area contributed by atoms with Crippen molar-refractivity contribution in [1.29, 1.82) is 0 Å². The Morgan fingerprint density at radius 3 is 2.45 bits per heavy atom. The standard InChI is InChI=1S/C36H41FN4O3/c1-5-27-21-31(28-13-16-30(37)17-14-28)33(43-4)22-32(27)44-20-10-9-19-36(2,3)25-39-35(42)29-15-18-34(38-24-29)41-40-23-26-11-7-6-8-12-26/h6-8,11-18,21-24H,5,9-10,19-20,25H2,1-4H3,(H,38,41)(H,39,42)/b40-23+. The molecule has 3 aromatic carbocycles. The molecule has 1 amide bonds. The molecule has 7 nitrogen and oxygen atoms in total. The van der Waals surface area contributed by atoms with Gasteiger partial charge in [0.05, 0.1) is 25.5 Å². The van der Waals surface area contributed by atoms with Crippen LogP contribution < -0.4 is 20.2 Å². The molecule has 8 heteroatoms. The van der Waals surface area contributed by atoms with Gasteiger partial charge >= 0.3 is 0 Å². The molecular formula is C36H41FN4O3. The average molecular weight is 597 g/mol. The summed E-state index contributed by atoms with van der Waals surface area (Å²) in [6, 6.07) is 23.6. The van der Waals surface area contributed by atoms with Crippen molar-refractivity contribution in [2.75, 3.05) is 25.7 Å². The molecule has 0 bridgehead atoms. The molecule has 4 aromatic rings. The monoisotopic (exact) mass is 596 g/mol. The first-order chi connectivity index (χ1) is 21.3. The van der Waals surface area contributed by atoms with E-state index in [1.54, 1.807) is 43.8 Å². The van der Waals surface area contributed by atoms with Gasteiger partial charge in [-0.25, -0.2) is 9.37 Å². The zero-order chi connectivity index (χ0) is 31.4. The second-order valence-electron chi connectivity index (χ2n) is 11.4. The molecule has 0 spiro atoms. The van der Waals surface area contributed by atoms with Crippen LogP contribution in [0.3, 0.4) is 0 Å². The van der Waals surface area contributed by atoms with Crippen LogP contribution in [0.25, 0.3) is 11.1 Å². The van der Waals surface area contributed by atoms with Gasteiger partial charge in [-0.2, -0.15) is 5.10 Å². The highest BCUT2D eigenvalue weighted by atomic mass is 19.1. The van der Waals surface area contributed by atoms with E-state index in [2.05, 4.69) is 47.7 Å². The predicted molar refractivity (Wildman–Crippen MR) is 175 cm³/mol. The Balaban J connectivity index is 1.20. The molecule has 0 saturated heterocycles. The van der Waals surface area contributed by atoms with E-state index in [1.165, 1.54) is 12.1 Å².